The van der Waals surface area contributed by atoms with E-state index in [4.69, 9.17) is 14.2 Å². The van der Waals surface area contributed by atoms with Crippen molar-refractivity contribution in [2.45, 2.75) is 13.1 Å². The Morgan fingerprint density at radius 3 is 2.66 bits per heavy atom. The number of hydrogen-bond acceptors (Lipinski definition) is 5. The predicted octanol–water partition coefficient (Wildman–Crippen LogP) is 4.59. The number of carbonyl (C=O) groups excluding carboxylic acids is 1. The molecule has 3 aromatic carbocycles. The Kier molecular flexibility index (Phi) is 4.24. The fourth-order valence-corrected chi connectivity index (χ4v) is 3.70. The van der Waals surface area contributed by atoms with Crippen LogP contribution in [0.1, 0.15) is 29.0 Å². The van der Waals surface area contributed by atoms with Crippen molar-refractivity contribution in [3.63, 3.8) is 0 Å². The summed E-state index contributed by atoms with van der Waals surface area (Å²) in [6.07, 6.45) is -0.367. The van der Waals surface area contributed by atoms with Crippen LogP contribution in [0.25, 0.3) is 0 Å². The summed E-state index contributed by atoms with van der Waals surface area (Å²) >= 11 is 0. The molecule has 146 valence electrons. The van der Waals surface area contributed by atoms with Gasteiger partial charge in [-0.2, -0.15) is 0 Å². The highest BCUT2D eigenvalue weighted by molar-refractivity contribution is 6.12. The molecule has 0 radical (unpaired) electrons. The van der Waals surface area contributed by atoms with Crippen molar-refractivity contribution >= 4 is 17.3 Å². The first-order chi connectivity index (χ1) is 14.2. The van der Waals surface area contributed by atoms with Gasteiger partial charge < -0.3 is 19.5 Å². The molecule has 0 unspecified atom stereocenters. The van der Waals surface area contributed by atoms with E-state index in [1.165, 1.54) is 0 Å². The van der Waals surface area contributed by atoms with E-state index in [1.807, 2.05) is 73.7 Å². The zero-order chi connectivity index (χ0) is 19.8. The van der Waals surface area contributed by atoms with Crippen LogP contribution in [0.4, 0.5) is 11.4 Å². The molecule has 0 aromatic heterocycles. The summed E-state index contributed by atoms with van der Waals surface area (Å²) in [6, 6.07) is 20.9. The number of fused-ring (bicyclic) bond motifs is 2. The topological polar surface area (TPSA) is 60.0 Å². The molecule has 0 saturated heterocycles. The second kappa shape index (κ2) is 7.05. The van der Waals surface area contributed by atoms with E-state index in [9.17, 15) is 4.79 Å². The molecule has 1 atom stereocenters. The lowest BCUT2D eigenvalue weighted by Gasteiger charge is -2.38. The third kappa shape index (κ3) is 3.02. The second-order valence-electron chi connectivity index (χ2n) is 6.81. The maximum atomic E-state index is 13.5. The van der Waals surface area contributed by atoms with Crippen LogP contribution >= 0.6 is 0 Å². The third-order valence-electron chi connectivity index (χ3n) is 5.07. The van der Waals surface area contributed by atoms with E-state index in [2.05, 4.69) is 5.32 Å². The molecular weight excluding hydrogens is 368 g/mol. The SMILES string of the molecule is CCOc1ccc([C@H]2Nc3ccccc3C(=O)N2c2ccc3c(c2)OCO3)cc1. The van der Waals surface area contributed by atoms with E-state index in [0.717, 1.165) is 22.7 Å². The molecule has 0 saturated carbocycles. The normalized spacial score (nSPS) is 16.9. The summed E-state index contributed by atoms with van der Waals surface area (Å²) in [5.41, 5.74) is 3.13. The van der Waals surface area contributed by atoms with Gasteiger partial charge in [-0.1, -0.05) is 24.3 Å². The lowest BCUT2D eigenvalue weighted by Crippen LogP contribution is -2.43. The first-order valence-corrected chi connectivity index (χ1v) is 9.56. The van der Waals surface area contributed by atoms with Crippen molar-refractivity contribution in [1.82, 2.24) is 0 Å². The lowest BCUT2D eigenvalue weighted by molar-refractivity contribution is 0.0975. The average molecular weight is 388 g/mol. The van der Waals surface area contributed by atoms with Crippen molar-refractivity contribution in [2.24, 2.45) is 0 Å². The first kappa shape index (κ1) is 17.4. The van der Waals surface area contributed by atoms with E-state index in [1.54, 1.807) is 4.90 Å². The molecule has 3 aromatic rings. The predicted molar refractivity (Wildman–Crippen MR) is 110 cm³/mol. The minimum Gasteiger partial charge on any atom is -0.494 e. The van der Waals surface area contributed by atoms with E-state index in [0.29, 0.717) is 23.7 Å². The molecular formula is C23H20N2O4. The number of benzene rings is 3. The number of nitrogens with zero attached hydrogens (tertiary/aromatic N) is 1. The Hall–Kier alpha value is -3.67. The van der Waals surface area contributed by atoms with Crippen LogP contribution in [0.15, 0.2) is 66.7 Å². The van der Waals surface area contributed by atoms with Gasteiger partial charge in [0.15, 0.2) is 11.5 Å². The van der Waals surface area contributed by atoms with E-state index < -0.39 is 0 Å². The van der Waals surface area contributed by atoms with Crippen molar-refractivity contribution in [3.8, 4) is 17.2 Å². The van der Waals surface area contributed by atoms with Crippen LogP contribution in [0, 0.1) is 0 Å². The quantitative estimate of drug-likeness (QED) is 0.709. The maximum Gasteiger partial charge on any atom is 0.262 e. The fraction of sp³-hybridized carbons (Fsp3) is 0.174. The number of hydrogen-bond donors (Lipinski definition) is 1. The molecule has 1 N–H and O–H groups in total. The third-order valence-corrected chi connectivity index (χ3v) is 5.07. The van der Waals surface area contributed by atoms with Crippen LogP contribution in [-0.4, -0.2) is 19.3 Å². The van der Waals surface area contributed by atoms with Crippen molar-refractivity contribution < 1.29 is 19.0 Å². The lowest BCUT2D eigenvalue weighted by atomic mass is 10.0. The number of anilines is 2. The van der Waals surface area contributed by atoms with E-state index >= 15 is 0 Å². The smallest absolute Gasteiger partial charge is 0.262 e. The molecule has 2 heterocycles. The molecule has 0 fully saturated rings. The minimum atomic E-state index is -0.367. The van der Waals surface area contributed by atoms with Gasteiger partial charge in [0.25, 0.3) is 5.91 Å². The zero-order valence-corrected chi connectivity index (χ0v) is 15.9. The van der Waals surface area contributed by atoms with Gasteiger partial charge in [0.05, 0.1) is 17.9 Å². The van der Waals surface area contributed by atoms with Gasteiger partial charge in [-0.3, -0.25) is 9.69 Å². The highest BCUT2D eigenvalue weighted by Crippen LogP contribution is 2.41. The van der Waals surface area contributed by atoms with Crippen LogP contribution < -0.4 is 24.4 Å². The van der Waals surface area contributed by atoms with Crippen molar-refractivity contribution in [1.29, 1.82) is 0 Å². The number of nitrogens with one attached hydrogen (secondary N) is 1. The average Bonchev–Trinajstić information content (AvgIpc) is 3.22. The molecule has 5 rings (SSSR count). The van der Waals surface area contributed by atoms with E-state index in [-0.39, 0.29) is 18.9 Å². The van der Waals surface area contributed by atoms with Gasteiger partial charge in [0, 0.05) is 11.8 Å². The molecule has 1 amide bonds. The largest absolute Gasteiger partial charge is 0.494 e. The maximum absolute atomic E-state index is 13.5. The van der Waals surface area contributed by atoms with Crippen LogP contribution in [0.5, 0.6) is 17.2 Å². The van der Waals surface area contributed by atoms with Gasteiger partial charge in [-0.05, 0) is 48.9 Å². The van der Waals surface area contributed by atoms with Gasteiger partial charge in [-0.15, -0.1) is 0 Å². The number of carbonyl (C=O) groups is 1. The van der Waals surface area contributed by atoms with Crippen LogP contribution in [0.2, 0.25) is 0 Å². The Morgan fingerprint density at radius 1 is 1.03 bits per heavy atom. The second-order valence-corrected chi connectivity index (χ2v) is 6.81. The van der Waals surface area contributed by atoms with Gasteiger partial charge >= 0.3 is 0 Å². The Bertz CT molecular complexity index is 1060. The summed E-state index contributed by atoms with van der Waals surface area (Å²) in [6.45, 7) is 2.75. The van der Waals surface area contributed by atoms with Crippen LogP contribution in [-0.2, 0) is 0 Å². The minimum absolute atomic E-state index is 0.0721. The highest BCUT2D eigenvalue weighted by Gasteiger charge is 2.34. The molecule has 6 nitrogen and oxygen atoms in total. The summed E-state index contributed by atoms with van der Waals surface area (Å²) < 4.78 is 16.5. The standard InChI is InChI=1S/C23H20N2O4/c1-2-27-17-10-7-15(8-11-17)22-24-19-6-4-3-5-18(19)23(26)25(22)16-9-12-20-21(13-16)29-14-28-20/h3-13,22,24H,2,14H2,1H3/t22-/m0/s1. The van der Waals surface area contributed by atoms with Crippen LogP contribution in [0.3, 0.4) is 0 Å². The summed E-state index contributed by atoms with van der Waals surface area (Å²) in [4.78, 5) is 15.2. The van der Waals surface area contributed by atoms with Gasteiger partial charge in [0.1, 0.15) is 11.9 Å². The number of para-hydroxylation sites is 1. The summed E-state index contributed by atoms with van der Waals surface area (Å²) in [7, 11) is 0. The number of ether oxygens (including phenoxy) is 3. The molecule has 2 aliphatic heterocycles. The Morgan fingerprint density at radius 2 is 1.83 bits per heavy atom. The molecule has 6 heteroatoms. The zero-order valence-electron chi connectivity index (χ0n) is 15.9. The Labute approximate surface area is 168 Å². The molecule has 0 bridgehead atoms. The summed E-state index contributed by atoms with van der Waals surface area (Å²) in [5, 5.41) is 3.50. The Balaban J connectivity index is 1.59. The molecule has 0 aliphatic carbocycles. The monoisotopic (exact) mass is 388 g/mol. The number of amides is 1. The molecule has 2 aliphatic rings. The molecule has 0 spiro atoms. The van der Waals surface area contributed by atoms with Gasteiger partial charge in [-0.25, -0.2) is 0 Å². The number of rotatable bonds is 4. The fourth-order valence-electron chi connectivity index (χ4n) is 3.70. The van der Waals surface area contributed by atoms with Crippen molar-refractivity contribution in [3.05, 3.63) is 77.9 Å². The molecule has 29 heavy (non-hydrogen) atoms. The highest BCUT2D eigenvalue weighted by atomic mass is 16.7. The van der Waals surface area contributed by atoms with Gasteiger partial charge in [0.2, 0.25) is 6.79 Å². The summed E-state index contributed by atoms with van der Waals surface area (Å²) in [5.74, 6) is 2.05. The van der Waals surface area contributed by atoms with Crippen molar-refractivity contribution in [2.75, 3.05) is 23.6 Å². The first-order valence-electron chi connectivity index (χ1n) is 9.56.